The quantitative estimate of drug-likeness (QED) is 0.395. The summed E-state index contributed by atoms with van der Waals surface area (Å²) < 4.78 is 12.3. The van der Waals surface area contributed by atoms with Crippen LogP contribution in [0.2, 0.25) is 0 Å². The molecule has 0 N–H and O–H groups in total. The van der Waals surface area contributed by atoms with E-state index in [4.69, 9.17) is 9.47 Å². The van der Waals surface area contributed by atoms with Gasteiger partial charge in [-0.25, -0.2) is 0 Å². The molecule has 0 aliphatic carbocycles. The molecule has 1 aromatic heterocycles. The number of thiophene rings is 1. The van der Waals surface area contributed by atoms with E-state index in [0.29, 0.717) is 12.5 Å². The van der Waals surface area contributed by atoms with Crippen LogP contribution in [0.15, 0.2) is 40.2 Å². The van der Waals surface area contributed by atoms with Gasteiger partial charge in [0.2, 0.25) is 0 Å². The third-order valence-electron chi connectivity index (χ3n) is 6.58. The number of methoxy groups -OCH3 is 1. The zero-order valence-corrected chi connectivity index (χ0v) is 21.6. The number of hydrogen-bond donors (Lipinski definition) is 0. The summed E-state index contributed by atoms with van der Waals surface area (Å²) in [5, 5.41) is 0. The molecule has 1 aliphatic rings. The molecule has 1 aliphatic heterocycles. The number of hydrogen-bond acceptors (Lipinski definition) is 4. The highest BCUT2D eigenvalue weighted by Gasteiger charge is 2.43. The van der Waals surface area contributed by atoms with Crippen molar-refractivity contribution in [2.45, 2.75) is 59.1 Å². The Kier molecular flexibility index (Phi) is 7.87. The molecule has 6 heteroatoms. The molecule has 0 saturated carbocycles. The minimum atomic E-state index is -0.119. The van der Waals surface area contributed by atoms with Crippen LogP contribution in [0.3, 0.4) is 0 Å². The van der Waals surface area contributed by atoms with Crippen LogP contribution in [-0.4, -0.2) is 36.7 Å². The number of rotatable bonds is 8. The van der Waals surface area contributed by atoms with Gasteiger partial charge in [-0.05, 0) is 90.2 Å². The Morgan fingerprint density at radius 1 is 1.23 bits per heavy atom. The first-order valence-electron chi connectivity index (χ1n) is 11.0. The second-order valence-corrected chi connectivity index (χ2v) is 11.9. The molecule has 0 spiro atoms. The van der Waals surface area contributed by atoms with Gasteiger partial charge in [-0.15, -0.1) is 11.3 Å². The number of nitrogens with zero attached hydrogens (tertiary/aromatic N) is 1. The lowest BCUT2D eigenvalue weighted by atomic mass is 9.65. The van der Waals surface area contributed by atoms with Gasteiger partial charge in [0, 0.05) is 19.7 Å². The van der Waals surface area contributed by atoms with Gasteiger partial charge in [0.25, 0.3) is 5.91 Å². The van der Waals surface area contributed by atoms with E-state index in [9.17, 15) is 4.79 Å². The predicted molar refractivity (Wildman–Crippen MR) is 131 cm³/mol. The number of ether oxygens (including phenoxy) is 2. The Morgan fingerprint density at radius 2 is 1.94 bits per heavy atom. The predicted octanol–water partition coefficient (Wildman–Crippen LogP) is 6.78. The number of amides is 1. The standard InChI is InChI=1S/C25H34BrNO3S/c1-18(2)25(13-15-30-24(3,4)17-25)12-14-27(23(28)21-10-11-22(26)31-21)16-19-6-8-20(29-5)9-7-19/h6-11,18H,12-17H2,1-5H3. The molecular weight excluding hydrogens is 474 g/mol. The molecule has 1 saturated heterocycles. The maximum atomic E-state index is 13.4. The van der Waals surface area contributed by atoms with E-state index < -0.39 is 0 Å². The summed E-state index contributed by atoms with van der Waals surface area (Å²) in [5.41, 5.74) is 1.16. The summed E-state index contributed by atoms with van der Waals surface area (Å²) in [6.07, 6.45) is 3.04. The lowest BCUT2D eigenvalue weighted by Gasteiger charge is -2.48. The molecule has 1 fully saturated rings. The minimum absolute atomic E-state index is 0.0942. The lowest BCUT2D eigenvalue weighted by Crippen LogP contribution is -2.46. The second kappa shape index (κ2) is 10.1. The molecule has 3 rings (SSSR count). The van der Waals surface area contributed by atoms with Gasteiger partial charge in [0.15, 0.2) is 0 Å². The zero-order valence-electron chi connectivity index (χ0n) is 19.2. The second-order valence-electron chi connectivity index (χ2n) is 9.48. The van der Waals surface area contributed by atoms with Gasteiger partial charge in [-0.2, -0.15) is 0 Å². The molecule has 4 nitrogen and oxygen atoms in total. The van der Waals surface area contributed by atoms with Gasteiger partial charge >= 0.3 is 0 Å². The smallest absolute Gasteiger partial charge is 0.264 e. The van der Waals surface area contributed by atoms with Crippen molar-refractivity contribution in [2.75, 3.05) is 20.3 Å². The summed E-state index contributed by atoms with van der Waals surface area (Å²) in [5.74, 6) is 1.45. The Balaban J connectivity index is 1.81. The fourth-order valence-electron chi connectivity index (χ4n) is 4.66. The lowest BCUT2D eigenvalue weighted by molar-refractivity contribution is -0.122. The van der Waals surface area contributed by atoms with Crippen LogP contribution in [0.5, 0.6) is 5.75 Å². The van der Waals surface area contributed by atoms with Crippen molar-refractivity contribution < 1.29 is 14.3 Å². The van der Waals surface area contributed by atoms with Crippen LogP contribution < -0.4 is 4.74 Å². The Hall–Kier alpha value is -1.37. The Morgan fingerprint density at radius 3 is 2.48 bits per heavy atom. The number of halogens is 1. The third-order valence-corrected chi connectivity index (χ3v) is 8.19. The number of benzene rings is 1. The van der Waals surface area contributed by atoms with E-state index in [1.165, 1.54) is 11.3 Å². The van der Waals surface area contributed by atoms with E-state index in [1.54, 1.807) is 7.11 Å². The zero-order chi connectivity index (χ0) is 22.6. The van der Waals surface area contributed by atoms with E-state index in [-0.39, 0.29) is 16.9 Å². The molecule has 0 bridgehead atoms. The first kappa shape index (κ1) is 24.3. The van der Waals surface area contributed by atoms with Crippen molar-refractivity contribution in [3.05, 3.63) is 50.6 Å². The van der Waals surface area contributed by atoms with Gasteiger partial charge in [0.1, 0.15) is 5.75 Å². The topological polar surface area (TPSA) is 38.8 Å². The number of carbonyl (C=O) groups is 1. The molecule has 170 valence electrons. The van der Waals surface area contributed by atoms with Crippen molar-refractivity contribution in [3.8, 4) is 5.75 Å². The third kappa shape index (κ3) is 6.11. The van der Waals surface area contributed by atoms with E-state index in [1.807, 2.05) is 41.3 Å². The summed E-state index contributed by atoms with van der Waals surface area (Å²) >= 11 is 4.99. The highest BCUT2D eigenvalue weighted by molar-refractivity contribution is 9.11. The van der Waals surface area contributed by atoms with Gasteiger partial charge in [-0.3, -0.25) is 4.79 Å². The molecule has 2 aromatic rings. The highest BCUT2D eigenvalue weighted by atomic mass is 79.9. The minimum Gasteiger partial charge on any atom is -0.497 e. The molecule has 1 amide bonds. The average Bonchev–Trinajstić information content (AvgIpc) is 3.16. The Bertz CT molecular complexity index is 877. The summed E-state index contributed by atoms with van der Waals surface area (Å²) in [7, 11) is 1.67. The first-order chi connectivity index (χ1) is 14.6. The van der Waals surface area contributed by atoms with Crippen molar-refractivity contribution >= 4 is 33.2 Å². The Labute approximate surface area is 199 Å². The van der Waals surface area contributed by atoms with Gasteiger partial charge in [0.05, 0.1) is 21.4 Å². The molecular formula is C25H34BrNO3S. The van der Waals surface area contributed by atoms with Crippen LogP contribution in [0.4, 0.5) is 0 Å². The molecule has 31 heavy (non-hydrogen) atoms. The monoisotopic (exact) mass is 507 g/mol. The van der Waals surface area contributed by atoms with Crippen molar-refractivity contribution in [2.24, 2.45) is 11.3 Å². The first-order valence-corrected chi connectivity index (χ1v) is 12.6. The molecule has 1 unspecified atom stereocenters. The molecule has 1 atom stereocenters. The molecule has 1 aromatic carbocycles. The van der Waals surface area contributed by atoms with Crippen LogP contribution >= 0.6 is 27.3 Å². The average molecular weight is 509 g/mol. The summed E-state index contributed by atoms with van der Waals surface area (Å²) in [6, 6.07) is 11.8. The maximum Gasteiger partial charge on any atom is 0.264 e. The summed E-state index contributed by atoms with van der Waals surface area (Å²) in [4.78, 5) is 16.2. The SMILES string of the molecule is COc1ccc(CN(CCC2(C(C)C)CCOC(C)(C)C2)C(=O)c2ccc(Br)s2)cc1. The van der Waals surface area contributed by atoms with Crippen molar-refractivity contribution in [1.82, 2.24) is 4.90 Å². The van der Waals surface area contributed by atoms with E-state index in [0.717, 1.165) is 52.4 Å². The fourth-order valence-corrected chi connectivity index (χ4v) is 6.01. The highest BCUT2D eigenvalue weighted by Crippen LogP contribution is 2.47. The normalized spacial score (nSPS) is 20.6. The maximum absolute atomic E-state index is 13.4. The van der Waals surface area contributed by atoms with Crippen LogP contribution in [0, 0.1) is 11.3 Å². The van der Waals surface area contributed by atoms with E-state index in [2.05, 4.69) is 43.6 Å². The van der Waals surface area contributed by atoms with Crippen molar-refractivity contribution in [1.29, 1.82) is 0 Å². The number of carbonyl (C=O) groups excluding carboxylic acids is 1. The molecule has 0 radical (unpaired) electrons. The fraction of sp³-hybridized carbons (Fsp3) is 0.560. The summed E-state index contributed by atoms with van der Waals surface area (Å²) in [6.45, 7) is 11.1. The largest absolute Gasteiger partial charge is 0.497 e. The van der Waals surface area contributed by atoms with E-state index >= 15 is 0 Å². The van der Waals surface area contributed by atoms with Gasteiger partial charge in [-0.1, -0.05) is 26.0 Å². The van der Waals surface area contributed by atoms with Crippen LogP contribution in [0.1, 0.15) is 62.2 Å². The molecule has 2 heterocycles. The van der Waals surface area contributed by atoms with Gasteiger partial charge < -0.3 is 14.4 Å². The van der Waals surface area contributed by atoms with Crippen LogP contribution in [0.25, 0.3) is 0 Å². The van der Waals surface area contributed by atoms with Crippen LogP contribution in [-0.2, 0) is 11.3 Å². The van der Waals surface area contributed by atoms with Crippen molar-refractivity contribution in [3.63, 3.8) is 0 Å².